The first kappa shape index (κ1) is 11.9. The lowest BCUT2D eigenvalue weighted by Crippen LogP contribution is -2.23. The van der Waals surface area contributed by atoms with Crippen LogP contribution in [0.4, 0.5) is 0 Å². The summed E-state index contributed by atoms with van der Waals surface area (Å²) in [7, 11) is 0. The van der Waals surface area contributed by atoms with Crippen LogP contribution in [-0.4, -0.2) is 19.8 Å². The number of nitrogens with one attached hydrogen (secondary N) is 1. The summed E-state index contributed by atoms with van der Waals surface area (Å²) in [5.41, 5.74) is 10.7. The molecule has 0 rings (SSSR count). The Hall–Kier alpha value is -0.120. The number of unbranched alkanes of at least 4 members (excludes halogenated alkanes) is 5. The van der Waals surface area contributed by atoms with E-state index >= 15 is 0 Å². The van der Waals surface area contributed by atoms with Gasteiger partial charge >= 0.3 is 0 Å². The van der Waals surface area contributed by atoms with Gasteiger partial charge in [-0.2, -0.15) is 0 Å². The van der Waals surface area contributed by atoms with Crippen molar-refractivity contribution in [1.82, 2.24) is 5.32 Å². The lowest BCUT2D eigenvalue weighted by atomic mass is 10.1. The summed E-state index contributed by atoms with van der Waals surface area (Å²) in [5.74, 6) is 0. The molecule has 0 spiro atoms. The zero-order chi connectivity index (χ0) is 9.07. The molecule has 0 aromatic carbocycles. The molecule has 0 aliphatic carbocycles. The Balaban J connectivity index is 2.73. The second kappa shape index (κ2) is 10.9. The van der Waals surface area contributed by atoms with Crippen molar-refractivity contribution in [2.75, 3.05) is 19.8 Å². The summed E-state index contributed by atoms with van der Waals surface area (Å²) in [4.78, 5) is 0. The average molecular weight is 173 g/mol. The lowest BCUT2D eigenvalue weighted by Gasteiger charge is -2.01. The van der Waals surface area contributed by atoms with Crippen LogP contribution in [0.3, 0.4) is 0 Å². The van der Waals surface area contributed by atoms with Crippen LogP contribution in [0.1, 0.15) is 38.5 Å². The second-order valence-corrected chi connectivity index (χ2v) is 3.11. The quantitative estimate of drug-likeness (QED) is 0.357. The highest BCUT2D eigenvalue weighted by Gasteiger charge is 1.89. The van der Waals surface area contributed by atoms with Crippen LogP contribution in [0, 0.1) is 0 Å². The minimum absolute atomic E-state index is 0.604. The van der Waals surface area contributed by atoms with Crippen molar-refractivity contribution in [2.24, 2.45) is 11.5 Å². The van der Waals surface area contributed by atoms with Crippen molar-refractivity contribution in [1.29, 1.82) is 0 Å². The first-order valence-corrected chi connectivity index (χ1v) is 5.02. The maximum Gasteiger partial charge on any atom is 0.0428 e. The summed E-state index contributed by atoms with van der Waals surface area (Å²) in [6, 6.07) is 0. The van der Waals surface area contributed by atoms with E-state index in [4.69, 9.17) is 11.5 Å². The zero-order valence-corrected chi connectivity index (χ0v) is 8.02. The Morgan fingerprint density at radius 2 is 1.33 bits per heavy atom. The normalized spacial score (nSPS) is 10.5. The van der Waals surface area contributed by atoms with E-state index in [9.17, 15) is 0 Å². The summed E-state index contributed by atoms with van der Waals surface area (Å²) in [6.45, 7) is 2.51. The molecule has 12 heavy (non-hydrogen) atoms. The molecule has 0 fully saturated rings. The van der Waals surface area contributed by atoms with Crippen molar-refractivity contribution in [3.63, 3.8) is 0 Å². The monoisotopic (exact) mass is 173 g/mol. The smallest absolute Gasteiger partial charge is 0.0428 e. The van der Waals surface area contributed by atoms with Gasteiger partial charge in [-0.1, -0.05) is 25.7 Å². The minimum Gasteiger partial charge on any atom is -0.330 e. The van der Waals surface area contributed by atoms with E-state index in [1.807, 2.05) is 0 Å². The van der Waals surface area contributed by atoms with Gasteiger partial charge in [-0.3, -0.25) is 0 Å². The molecule has 0 atom stereocenters. The molecule has 0 aromatic heterocycles. The van der Waals surface area contributed by atoms with Crippen LogP contribution in [-0.2, 0) is 0 Å². The van der Waals surface area contributed by atoms with E-state index in [2.05, 4.69) is 5.32 Å². The van der Waals surface area contributed by atoms with E-state index in [1.165, 1.54) is 38.5 Å². The third-order valence-corrected chi connectivity index (χ3v) is 1.95. The average Bonchev–Trinajstić information content (AvgIpc) is 2.10. The predicted molar refractivity (Wildman–Crippen MR) is 53.8 cm³/mol. The molecule has 0 heterocycles. The Kier molecular flexibility index (Phi) is 10.8. The van der Waals surface area contributed by atoms with Gasteiger partial charge in [-0.25, -0.2) is 0 Å². The Morgan fingerprint density at radius 3 is 1.92 bits per heavy atom. The summed E-state index contributed by atoms with van der Waals surface area (Å²) < 4.78 is 0. The van der Waals surface area contributed by atoms with E-state index in [-0.39, 0.29) is 0 Å². The van der Waals surface area contributed by atoms with Gasteiger partial charge < -0.3 is 16.8 Å². The van der Waals surface area contributed by atoms with E-state index in [0.29, 0.717) is 6.67 Å². The summed E-state index contributed by atoms with van der Waals surface area (Å²) in [5, 5.41) is 3.11. The van der Waals surface area contributed by atoms with Gasteiger partial charge in [0.1, 0.15) is 0 Å². The van der Waals surface area contributed by atoms with Crippen LogP contribution in [0.15, 0.2) is 0 Å². The molecule has 3 nitrogen and oxygen atoms in total. The number of hydrogen-bond donors (Lipinski definition) is 3. The minimum atomic E-state index is 0.604. The molecular weight excluding hydrogens is 150 g/mol. The molecule has 0 bridgehead atoms. The molecule has 3 heteroatoms. The SMILES string of the molecule is NCCCCCCCCNCN. The Morgan fingerprint density at radius 1 is 0.750 bits per heavy atom. The highest BCUT2D eigenvalue weighted by molar-refractivity contribution is 4.48. The van der Waals surface area contributed by atoms with Gasteiger partial charge in [0.2, 0.25) is 0 Å². The van der Waals surface area contributed by atoms with Crippen LogP contribution < -0.4 is 16.8 Å². The molecule has 0 saturated carbocycles. The Bertz CT molecular complexity index is 66.2. The molecule has 0 unspecified atom stereocenters. The third-order valence-electron chi connectivity index (χ3n) is 1.95. The zero-order valence-electron chi connectivity index (χ0n) is 8.02. The third kappa shape index (κ3) is 9.88. The van der Waals surface area contributed by atoms with Gasteiger partial charge in [0.05, 0.1) is 0 Å². The van der Waals surface area contributed by atoms with E-state index in [0.717, 1.165) is 13.1 Å². The fourth-order valence-corrected chi connectivity index (χ4v) is 1.20. The van der Waals surface area contributed by atoms with Gasteiger partial charge in [0.15, 0.2) is 0 Å². The number of nitrogens with two attached hydrogens (primary N) is 2. The van der Waals surface area contributed by atoms with Crippen LogP contribution in [0.5, 0.6) is 0 Å². The molecular formula is C9H23N3. The fraction of sp³-hybridized carbons (Fsp3) is 1.00. The van der Waals surface area contributed by atoms with Crippen molar-refractivity contribution in [3.05, 3.63) is 0 Å². The predicted octanol–water partition coefficient (Wildman–Crippen LogP) is 0.791. The molecule has 74 valence electrons. The molecule has 0 amide bonds. The first-order valence-electron chi connectivity index (χ1n) is 5.02. The van der Waals surface area contributed by atoms with Crippen LogP contribution in [0.25, 0.3) is 0 Å². The van der Waals surface area contributed by atoms with Crippen molar-refractivity contribution >= 4 is 0 Å². The van der Waals surface area contributed by atoms with Gasteiger partial charge in [-0.05, 0) is 25.9 Å². The molecule has 0 radical (unpaired) electrons. The maximum atomic E-state index is 5.39. The van der Waals surface area contributed by atoms with E-state index < -0.39 is 0 Å². The van der Waals surface area contributed by atoms with Crippen molar-refractivity contribution < 1.29 is 0 Å². The number of hydrogen-bond acceptors (Lipinski definition) is 3. The van der Waals surface area contributed by atoms with Crippen LogP contribution >= 0.6 is 0 Å². The highest BCUT2D eigenvalue weighted by atomic mass is 14.9. The van der Waals surface area contributed by atoms with Gasteiger partial charge in [0.25, 0.3) is 0 Å². The second-order valence-electron chi connectivity index (χ2n) is 3.11. The summed E-state index contributed by atoms with van der Waals surface area (Å²) >= 11 is 0. The molecule has 0 aliphatic rings. The fourth-order valence-electron chi connectivity index (χ4n) is 1.20. The highest BCUT2D eigenvalue weighted by Crippen LogP contribution is 2.03. The molecule has 0 aliphatic heterocycles. The maximum absolute atomic E-state index is 5.39. The molecule has 0 aromatic rings. The van der Waals surface area contributed by atoms with Gasteiger partial charge in [-0.15, -0.1) is 0 Å². The first-order chi connectivity index (χ1) is 5.91. The van der Waals surface area contributed by atoms with Gasteiger partial charge in [0, 0.05) is 6.67 Å². The largest absolute Gasteiger partial charge is 0.330 e. The standard InChI is InChI=1S/C9H23N3/c10-7-5-3-1-2-4-6-8-12-9-11/h12H,1-11H2. The number of rotatable bonds is 9. The Labute approximate surface area is 75.9 Å². The topological polar surface area (TPSA) is 64.1 Å². The van der Waals surface area contributed by atoms with Crippen molar-refractivity contribution in [3.8, 4) is 0 Å². The van der Waals surface area contributed by atoms with Crippen molar-refractivity contribution in [2.45, 2.75) is 38.5 Å². The van der Waals surface area contributed by atoms with Crippen LogP contribution in [0.2, 0.25) is 0 Å². The van der Waals surface area contributed by atoms with E-state index in [1.54, 1.807) is 0 Å². The summed E-state index contributed by atoms with van der Waals surface area (Å²) in [6.07, 6.45) is 7.71. The molecule has 0 saturated heterocycles. The molecule has 5 N–H and O–H groups in total. The lowest BCUT2D eigenvalue weighted by molar-refractivity contribution is 0.571.